The summed E-state index contributed by atoms with van der Waals surface area (Å²) in [6, 6.07) is 0. The van der Waals surface area contributed by atoms with Gasteiger partial charge in [0, 0.05) is 0 Å². The average molecular weight is 197 g/mol. The van der Waals surface area contributed by atoms with Crippen molar-refractivity contribution in [3.8, 4) is 0 Å². The van der Waals surface area contributed by atoms with Crippen molar-refractivity contribution in [3.63, 3.8) is 0 Å². The van der Waals surface area contributed by atoms with Crippen LogP contribution in [0.2, 0.25) is 0 Å². The standard InChI is InChI=1S/C5H11.BF4.K/c1-3-5-4-2;2-1(3,4)5;/h1,3-5H2,2H3;;/q2*-1;+1. The third-order valence-corrected chi connectivity index (χ3v) is 0.604. The van der Waals surface area contributed by atoms with E-state index in [1.54, 1.807) is 0 Å². The molecule has 0 heterocycles. The molecule has 0 aromatic carbocycles. The van der Waals surface area contributed by atoms with Crippen molar-refractivity contribution in [2.24, 2.45) is 0 Å². The van der Waals surface area contributed by atoms with Crippen LogP contribution in [0, 0.1) is 6.92 Å². The topological polar surface area (TPSA) is 0 Å². The molecule has 64 valence electrons. The third-order valence-electron chi connectivity index (χ3n) is 0.604. The molecule has 0 aliphatic carbocycles. The Labute approximate surface area is 108 Å². The van der Waals surface area contributed by atoms with Crippen LogP contribution in [-0.4, -0.2) is 7.25 Å². The smallest absolute Gasteiger partial charge is 0.418 e. The molecule has 0 radical (unpaired) electrons. The van der Waals surface area contributed by atoms with Crippen LogP contribution in [0.4, 0.5) is 17.3 Å². The first-order chi connectivity index (χ1) is 4.41. The van der Waals surface area contributed by atoms with Gasteiger partial charge in [-0.3, -0.25) is 0 Å². The molecule has 6 heteroatoms. The Morgan fingerprint density at radius 2 is 1.45 bits per heavy atom. The van der Waals surface area contributed by atoms with Gasteiger partial charge in [-0.15, -0.1) is 0 Å². The van der Waals surface area contributed by atoms with Crippen LogP contribution in [0.1, 0.15) is 26.2 Å². The van der Waals surface area contributed by atoms with E-state index in [1.807, 2.05) is 0 Å². The fraction of sp³-hybridized carbons (Fsp3) is 0.800. The first-order valence-electron chi connectivity index (χ1n) is 3.08. The minimum atomic E-state index is -6.00. The molecule has 0 aromatic rings. The third kappa shape index (κ3) is 86.6. The second kappa shape index (κ2) is 11.4. The fourth-order valence-electron chi connectivity index (χ4n) is 0.250. The summed E-state index contributed by atoms with van der Waals surface area (Å²) < 4.78 is 39.0. The van der Waals surface area contributed by atoms with Crippen LogP contribution in [0.3, 0.4) is 0 Å². The van der Waals surface area contributed by atoms with Crippen LogP contribution in [0.25, 0.3) is 0 Å². The maximum atomic E-state index is 9.75. The Balaban J connectivity index is -0.000000107. The van der Waals surface area contributed by atoms with E-state index in [4.69, 9.17) is 0 Å². The van der Waals surface area contributed by atoms with Crippen LogP contribution in [-0.2, 0) is 0 Å². The fourth-order valence-corrected chi connectivity index (χ4v) is 0.250. The van der Waals surface area contributed by atoms with Gasteiger partial charge in [0.05, 0.1) is 0 Å². The molecule has 0 amide bonds. The maximum Gasteiger partial charge on any atom is 1.00 e. The molecule has 0 atom stereocenters. The minimum Gasteiger partial charge on any atom is -0.418 e. The van der Waals surface area contributed by atoms with Gasteiger partial charge in [-0.1, -0.05) is 19.8 Å². The molecule has 0 aliphatic heterocycles. The van der Waals surface area contributed by atoms with Crippen LogP contribution in [0.15, 0.2) is 0 Å². The SMILES string of the molecule is F[B-](F)(F)F.[CH2-]CCCC.[K+]. The summed E-state index contributed by atoms with van der Waals surface area (Å²) in [5.41, 5.74) is 0. The Morgan fingerprint density at radius 1 is 1.18 bits per heavy atom. The minimum absolute atomic E-state index is 0. The number of rotatable bonds is 2. The van der Waals surface area contributed by atoms with E-state index in [-0.39, 0.29) is 51.4 Å². The van der Waals surface area contributed by atoms with E-state index in [1.165, 1.54) is 12.8 Å². The summed E-state index contributed by atoms with van der Waals surface area (Å²) in [5, 5.41) is 0. The number of hydrogen-bond donors (Lipinski definition) is 0. The second-order valence-corrected chi connectivity index (χ2v) is 1.70. The van der Waals surface area contributed by atoms with Crippen molar-refractivity contribution < 1.29 is 68.6 Å². The summed E-state index contributed by atoms with van der Waals surface area (Å²) in [4.78, 5) is 0. The van der Waals surface area contributed by atoms with E-state index >= 15 is 0 Å². The predicted octanol–water partition coefficient (Wildman–Crippen LogP) is 0.315. The molecule has 0 rings (SSSR count). The van der Waals surface area contributed by atoms with Crippen molar-refractivity contribution in [1.29, 1.82) is 0 Å². The molecule has 11 heavy (non-hydrogen) atoms. The maximum absolute atomic E-state index is 9.75. The molecular formula is C5H11BF4K-. The number of halogens is 4. The van der Waals surface area contributed by atoms with Crippen molar-refractivity contribution in [2.75, 3.05) is 0 Å². The molecule has 0 aliphatic rings. The quantitative estimate of drug-likeness (QED) is 0.339. The Bertz CT molecular complexity index is 58.0. The Kier molecular flexibility index (Phi) is 19.0. The summed E-state index contributed by atoms with van der Waals surface area (Å²) in [6.07, 6.45) is 3.65. The number of unbranched alkanes of at least 4 members (excludes halogenated alkanes) is 2. The molecule has 0 saturated heterocycles. The van der Waals surface area contributed by atoms with E-state index < -0.39 is 7.25 Å². The molecular weight excluding hydrogens is 186 g/mol. The molecule has 0 bridgehead atoms. The van der Waals surface area contributed by atoms with Crippen molar-refractivity contribution in [2.45, 2.75) is 26.2 Å². The zero-order chi connectivity index (χ0) is 8.62. The van der Waals surface area contributed by atoms with Crippen molar-refractivity contribution >= 4 is 7.25 Å². The second-order valence-electron chi connectivity index (χ2n) is 1.70. The number of hydrogen-bond acceptors (Lipinski definition) is 0. The van der Waals surface area contributed by atoms with E-state index in [0.717, 1.165) is 6.42 Å². The van der Waals surface area contributed by atoms with Gasteiger partial charge in [0.2, 0.25) is 0 Å². The predicted molar refractivity (Wildman–Crippen MR) is 35.1 cm³/mol. The Morgan fingerprint density at radius 3 is 1.45 bits per heavy atom. The zero-order valence-electron chi connectivity index (χ0n) is 6.92. The van der Waals surface area contributed by atoms with Gasteiger partial charge in [-0.05, 0) is 0 Å². The monoisotopic (exact) mass is 197 g/mol. The van der Waals surface area contributed by atoms with Crippen LogP contribution >= 0.6 is 0 Å². The first kappa shape index (κ1) is 18.3. The average Bonchev–Trinajstić information content (AvgIpc) is 1.63. The molecule has 0 aromatic heterocycles. The van der Waals surface area contributed by atoms with Gasteiger partial charge >= 0.3 is 58.6 Å². The van der Waals surface area contributed by atoms with E-state index in [0.29, 0.717) is 0 Å². The van der Waals surface area contributed by atoms with Gasteiger partial charge in [0.15, 0.2) is 0 Å². The summed E-state index contributed by atoms with van der Waals surface area (Å²) in [5.74, 6) is 0. The summed E-state index contributed by atoms with van der Waals surface area (Å²) in [6.45, 7) is 5.85. The zero-order valence-corrected chi connectivity index (χ0v) is 10.0. The van der Waals surface area contributed by atoms with Crippen LogP contribution < -0.4 is 51.4 Å². The molecule has 0 N–H and O–H groups in total. The van der Waals surface area contributed by atoms with Gasteiger partial charge in [0.1, 0.15) is 0 Å². The Hall–Kier alpha value is 1.42. The molecule has 0 spiro atoms. The normalized spacial score (nSPS) is 9.27. The summed E-state index contributed by atoms with van der Waals surface area (Å²) >= 11 is 0. The summed E-state index contributed by atoms with van der Waals surface area (Å²) in [7, 11) is -6.00. The largest absolute Gasteiger partial charge is 1.00 e. The molecule has 0 fully saturated rings. The van der Waals surface area contributed by atoms with Crippen molar-refractivity contribution in [3.05, 3.63) is 6.92 Å². The first-order valence-corrected chi connectivity index (χ1v) is 3.08. The van der Waals surface area contributed by atoms with E-state index in [9.17, 15) is 17.3 Å². The molecule has 0 saturated carbocycles. The van der Waals surface area contributed by atoms with Crippen molar-refractivity contribution in [1.82, 2.24) is 0 Å². The van der Waals surface area contributed by atoms with Gasteiger partial charge in [0.25, 0.3) is 0 Å². The van der Waals surface area contributed by atoms with Gasteiger partial charge < -0.3 is 24.2 Å². The van der Waals surface area contributed by atoms with E-state index in [2.05, 4.69) is 13.8 Å². The molecule has 0 nitrogen and oxygen atoms in total. The van der Waals surface area contributed by atoms with Crippen LogP contribution in [0.5, 0.6) is 0 Å². The molecule has 0 unspecified atom stereocenters. The van der Waals surface area contributed by atoms with Gasteiger partial charge in [-0.25, -0.2) is 0 Å². The van der Waals surface area contributed by atoms with Gasteiger partial charge in [-0.2, -0.15) is 6.42 Å².